The van der Waals surface area contributed by atoms with E-state index < -0.39 is 9.58 Å². The van der Waals surface area contributed by atoms with Gasteiger partial charge in [-0.05, 0) is 6.08 Å². The Morgan fingerprint density at radius 3 is 2.55 bits per heavy atom. The molecule has 1 aliphatic rings. The minimum atomic E-state index is -1.89. The highest BCUT2D eigenvalue weighted by atomic mass is 35.6. The normalized spacial score (nSPS) is 17.5. The van der Waals surface area contributed by atoms with E-state index in [4.69, 9.17) is 39.5 Å². The Kier molecular flexibility index (Phi) is 2.68. The molecule has 0 atom stereocenters. The highest BCUT2D eigenvalue weighted by Crippen LogP contribution is 2.31. The van der Waals surface area contributed by atoms with Gasteiger partial charge in [0.05, 0.1) is 6.61 Å². The number of carbonyl (C=O) groups is 1. The van der Waals surface area contributed by atoms with Gasteiger partial charge in [0.1, 0.15) is 0 Å². The summed E-state index contributed by atoms with van der Waals surface area (Å²) in [5.74, 6) is -0.440. The summed E-state index contributed by atoms with van der Waals surface area (Å²) in [5, 5.41) is 0. The van der Waals surface area contributed by atoms with E-state index in [-0.39, 0.29) is 5.76 Å². The van der Waals surface area contributed by atoms with Crippen LogP contribution in [0.3, 0.4) is 0 Å². The van der Waals surface area contributed by atoms with Crippen molar-refractivity contribution in [3.05, 3.63) is 11.8 Å². The summed E-state index contributed by atoms with van der Waals surface area (Å²) in [6.45, 7) is 0.488. The summed E-state index contributed by atoms with van der Waals surface area (Å²) < 4.78 is 3.01. The first-order valence-electron chi connectivity index (χ1n) is 2.96. The molecular formula is C6H5Cl3O2. The van der Waals surface area contributed by atoms with Gasteiger partial charge < -0.3 is 4.74 Å². The number of ether oxygens (including phenoxy) is 1. The quantitative estimate of drug-likeness (QED) is 0.627. The third kappa shape index (κ3) is 2.26. The van der Waals surface area contributed by atoms with Crippen LogP contribution < -0.4 is 0 Å². The number of hydrogen-bond donors (Lipinski definition) is 0. The van der Waals surface area contributed by atoms with Gasteiger partial charge in [-0.1, -0.05) is 34.8 Å². The molecule has 0 saturated heterocycles. The van der Waals surface area contributed by atoms with Crippen LogP contribution in [-0.4, -0.2) is 16.2 Å². The van der Waals surface area contributed by atoms with E-state index in [1.165, 1.54) is 0 Å². The monoisotopic (exact) mass is 214 g/mol. The van der Waals surface area contributed by atoms with Gasteiger partial charge in [-0.15, -0.1) is 0 Å². The fourth-order valence-electron chi connectivity index (χ4n) is 0.716. The second kappa shape index (κ2) is 3.21. The Morgan fingerprint density at radius 1 is 1.55 bits per heavy atom. The van der Waals surface area contributed by atoms with Crippen molar-refractivity contribution >= 4 is 40.6 Å². The van der Waals surface area contributed by atoms with Gasteiger partial charge in [0.25, 0.3) is 3.79 Å². The fourth-order valence-corrected chi connectivity index (χ4v) is 0.995. The van der Waals surface area contributed by atoms with Crippen LogP contribution in [-0.2, 0) is 9.53 Å². The number of alkyl halides is 3. The maximum absolute atomic E-state index is 11.1. The average molecular weight is 215 g/mol. The molecule has 0 bridgehead atoms. The number of rotatable bonds is 1. The number of halogens is 3. The lowest BCUT2D eigenvalue weighted by molar-refractivity contribution is -0.117. The first-order chi connectivity index (χ1) is 5.02. The van der Waals surface area contributed by atoms with Crippen molar-refractivity contribution in [2.45, 2.75) is 10.2 Å². The summed E-state index contributed by atoms with van der Waals surface area (Å²) in [5.41, 5.74) is 0. The maximum Gasteiger partial charge on any atom is 0.256 e. The molecule has 0 aromatic carbocycles. The molecule has 11 heavy (non-hydrogen) atoms. The molecule has 0 radical (unpaired) electrons. The van der Waals surface area contributed by atoms with Crippen molar-refractivity contribution in [2.24, 2.45) is 0 Å². The lowest BCUT2D eigenvalue weighted by Gasteiger charge is -2.09. The zero-order valence-corrected chi connectivity index (χ0v) is 7.71. The summed E-state index contributed by atoms with van der Waals surface area (Å²) in [6, 6.07) is 0. The molecule has 0 aliphatic carbocycles. The molecule has 0 aromatic rings. The van der Waals surface area contributed by atoms with Gasteiger partial charge in [-0.2, -0.15) is 0 Å². The van der Waals surface area contributed by atoms with Crippen molar-refractivity contribution < 1.29 is 9.53 Å². The van der Waals surface area contributed by atoms with Crippen molar-refractivity contribution in [2.75, 3.05) is 6.61 Å². The van der Waals surface area contributed by atoms with Crippen molar-refractivity contribution in [3.8, 4) is 0 Å². The molecule has 0 N–H and O–H groups in total. The SMILES string of the molecule is O=C(C1=CCCO1)C(Cl)(Cl)Cl. The van der Waals surface area contributed by atoms with Gasteiger partial charge >= 0.3 is 0 Å². The summed E-state index contributed by atoms with van der Waals surface area (Å²) in [4.78, 5) is 11.1. The third-order valence-electron chi connectivity index (χ3n) is 1.19. The Morgan fingerprint density at radius 2 is 2.18 bits per heavy atom. The van der Waals surface area contributed by atoms with Crippen LogP contribution in [0.25, 0.3) is 0 Å². The largest absolute Gasteiger partial charge is 0.490 e. The number of carbonyl (C=O) groups excluding carboxylic acids is 1. The van der Waals surface area contributed by atoms with Gasteiger partial charge in [0.15, 0.2) is 5.76 Å². The van der Waals surface area contributed by atoms with Gasteiger partial charge in [-0.3, -0.25) is 4.79 Å². The molecule has 62 valence electrons. The fraction of sp³-hybridized carbons (Fsp3) is 0.500. The topological polar surface area (TPSA) is 26.3 Å². The standard InChI is InChI=1S/C6H5Cl3O2/c7-6(8,9)5(10)4-2-1-3-11-4/h2H,1,3H2. The lowest BCUT2D eigenvalue weighted by Crippen LogP contribution is -2.21. The first kappa shape index (κ1) is 9.17. The van der Waals surface area contributed by atoms with Crippen LogP contribution in [0.4, 0.5) is 0 Å². The molecule has 0 saturated carbocycles. The zero-order valence-electron chi connectivity index (χ0n) is 5.44. The first-order valence-corrected chi connectivity index (χ1v) is 4.09. The van der Waals surface area contributed by atoms with Gasteiger partial charge in [0, 0.05) is 6.42 Å². The molecule has 0 unspecified atom stereocenters. The molecule has 5 heteroatoms. The highest BCUT2D eigenvalue weighted by Gasteiger charge is 2.35. The predicted molar refractivity (Wildman–Crippen MR) is 43.9 cm³/mol. The molecule has 0 fully saturated rings. The van der Waals surface area contributed by atoms with Gasteiger partial charge in [0.2, 0.25) is 5.78 Å². The zero-order chi connectivity index (χ0) is 8.48. The summed E-state index contributed by atoms with van der Waals surface area (Å²) in [6.07, 6.45) is 2.31. The molecule has 0 spiro atoms. The van der Waals surface area contributed by atoms with Crippen molar-refractivity contribution in [1.29, 1.82) is 0 Å². The number of ketones is 1. The van der Waals surface area contributed by atoms with E-state index >= 15 is 0 Å². The average Bonchev–Trinajstić information content (AvgIpc) is 2.34. The number of Topliss-reactive ketones (excluding diaryl/α,β-unsaturated/α-hetero) is 1. The summed E-state index contributed by atoms with van der Waals surface area (Å²) >= 11 is 16.0. The van der Waals surface area contributed by atoms with Crippen LogP contribution in [0.1, 0.15) is 6.42 Å². The van der Waals surface area contributed by atoms with Crippen LogP contribution in [0.15, 0.2) is 11.8 Å². The van der Waals surface area contributed by atoms with E-state index in [0.717, 1.165) is 0 Å². The number of allylic oxidation sites excluding steroid dienone is 1. The van der Waals surface area contributed by atoms with Crippen LogP contribution in [0.5, 0.6) is 0 Å². The smallest absolute Gasteiger partial charge is 0.256 e. The molecule has 0 amide bonds. The highest BCUT2D eigenvalue weighted by molar-refractivity contribution is 6.77. The Hall–Kier alpha value is 0.0800. The van der Waals surface area contributed by atoms with Crippen LogP contribution >= 0.6 is 34.8 Å². The molecule has 1 rings (SSSR count). The maximum atomic E-state index is 11.1. The van der Waals surface area contributed by atoms with Crippen LogP contribution in [0, 0.1) is 0 Å². The third-order valence-corrected chi connectivity index (χ3v) is 1.70. The molecule has 0 aromatic heterocycles. The minimum Gasteiger partial charge on any atom is -0.490 e. The Balaban J connectivity index is 2.68. The second-order valence-electron chi connectivity index (χ2n) is 2.03. The molecule has 1 aliphatic heterocycles. The minimum absolute atomic E-state index is 0.157. The number of hydrogen-bond acceptors (Lipinski definition) is 2. The second-order valence-corrected chi connectivity index (χ2v) is 4.31. The molecule has 2 nitrogen and oxygen atoms in total. The van der Waals surface area contributed by atoms with Crippen molar-refractivity contribution in [1.82, 2.24) is 0 Å². The predicted octanol–water partition coefficient (Wildman–Crippen LogP) is 2.23. The Labute approximate surface area is 79.1 Å². The lowest BCUT2D eigenvalue weighted by atomic mass is 10.3. The van der Waals surface area contributed by atoms with Crippen molar-refractivity contribution in [3.63, 3.8) is 0 Å². The van der Waals surface area contributed by atoms with E-state index in [1.54, 1.807) is 6.08 Å². The van der Waals surface area contributed by atoms with E-state index in [0.29, 0.717) is 13.0 Å². The summed E-state index contributed by atoms with van der Waals surface area (Å²) in [7, 11) is 0. The van der Waals surface area contributed by atoms with E-state index in [1.807, 2.05) is 0 Å². The van der Waals surface area contributed by atoms with E-state index in [2.05, 4.69) is 0 Å². The molecular weight excluding hydrogens is 210 g/mol. The molecule has 1 heterocycles. The van der Waals surface area contributed by atoms with Gasteiger partial charge in [-0.25, -0.2) is 0 Å². The Bertz CT molecular complexity index is 204. The van der Waals surface area contributed by atoms with E-state index in [9.17, 15) is 4.79 Å². The van der Waals surface area contributed by atoms with Crippen LogP contribution in [0.2, 0.25) is 0 Å².